The maximum atomic E-state index is 11.4. The first-order chi connectivity index (χ1) is 9.51. The summed E-state index contributed by atoms with van der Waals surface area (Å²) in [5.74, 6) is 1.10. The van der Waals surface area contributed by atoms with Crippen molar-refractivity contribution >= 4 is 17.1 Å². The van der Waals surface area contributed by atoms with Gasteiger partial charge in [-0.3, -0.25) is 4.79 Å². The van der Waals surface area contributed by atoms with Gasteiger partial charge in [0.05, 0.1) is 7.11 Å². The van der Waals surface area contributed by atoms with Gasteiger partial charge in [-0.1, -0.05) is 11.3 Å². The van der Waals surface area contributed by atoms with E-state index >= 15 is 0 Å². The molecule has 0 aliphatic carbocycles. The third-order valence-electron chi connectivity index (χ3n) is 2.76. The van der Waals surface area contributed by atoms with Gasteiger partial charge in [-0.05, 0) is 39.0 Å². The Hall–Kier alpha value is -1.95. The first-order valence-corrected chi connectivity index (χ1v) is 6.98. The normalized spacial score (nSPS) is 12.0. The van der Waals surface area contributed by atoms with Crippen molar-refractivity contribution in [2.24, 2.45) is 0 Å². The highest BCUT2D eigenvalue weighted by Crippen LogP contribution is 2.32. The van der Waals surface area contributed by atoms with E-state index in [1.807, 2.05) is 13.8 Å². The van der Waals surface area contributed by atoms with Gasteiger partial charge < -0.3 is 9.47 Å². The summed E-state index contributed by atoms with van der Waals surface area (Å²) in [5.41, 5.74) is 0.591. The fraction of sp³-hybridized carbons (Fsp3) is 0.357. The van der Waals surface area contributed by atoms with E-state index in [0.717, 1.165) is 10.0 Å². The van der Waals surface area contributed by atoms with Crippen molar-refractivity contribution in [1.29, 1.82) is 0 Å². The number of aromatic nitrogens is 2. The lowest BCUT2D eigenvalue weighted by molar-refractivity contribution is 0.101. The highest BCUT2D eigenvalue weighted by molar-refractivity contribution is 7.11. The van der Waals surface area contributed by atoms with Crippen LogP contribution in [-0.4, -0.2) is 23.1 Å². The van der Waals surface area contributed by atoms with E-state index in [4.69, 9.17) is 9.47 Å². The number of nitrogens with zero attached hydrogens (tertiary/aromatic N) is 2. The van der Waals surface area contributed by atoms with Crippen molar-refractivity contribution in [2.45, 2.75) is 26.9 Å². The maximum Gasteiger partial charge on any atom is 0.162 e. The van der Waals surface area contributed by atoms with E-state index in [-0.39, 0.29) is 11.9 Å². The number of rotatable bonds is 5. The van der Waals surface area contributed by atoms with Crippen LogP contribution < -0.4 is 9.47 Å². The zero-order chi connectivity index (χ0) is 14.7. The second-order valence-electron chi connectivity index (χ2n) is 4.34. The van der Waals surface area contributed by atoms with Crippen molar-refractivity contribution in [3.63, 3.8) is 0 Å². The molecule has 1 heterocycles. The fourth-order valence-corrected chi connectivity index (χ4v) is 2.38. The molecule has 0 radical (unpaired) electrons. The van der Waals surface area contributed by atoms with E-state index in [1.165, 1.54) is 18.3 Å². The lowest BCUT2D eigenvalue weighted by Crippen LogP contribution is -2.04. The number of hydrogen-bond donors (Lipinski definition) is 0. The molecular formula is C14H16N2O3S. The molecular weight excluding hydrogens is 276 g/mol. The Morgan fingerprint density at radius 3 is 2.60 bits per heavy atom. The molecule has 1 unspecified atom stereocenters. The van der Waals surface area contributed by atoms with Gasteiger partial charge in [-0.25, -0.2) is 0 Å². The van der Waals surface area contributed by atoms with Crippen LogP contribution in [0.1, 0.15) is 40.3 Å². The van der Waals surface area contributed by atoms with Gasteiger partial charge >= 0.3 is 0 Å². The second kappa shape index (κ2) is 6.00. The number of aryl methyl sites for hydroxylation is 1. The zero-order valence-electron chi connectivity index (χ0n) is 11.8. The summed E-state index contributed by atoms with van der Waals surface area (Å²) in [4.78, 5) is 11.4. The smallest absolute Gasteiger partial charge is 0.162 e. The molecule has 0 aliphatic rings. The van der Waals surface area contributed by atoms with E-state index in [0.29, 0.717) is 17.1 Å². The van der Waals surface area contributed by atoms with Gasteiger partial charge in [0.1, 0.15) is 11.1 Å². The van der Waals surface area contributed by atoms with Crippen molar-refractivity contribution in [3.05, 3.63) is 33.8 Å². The third-order valence-corrected chi connectivity index (χ3v) is 3.76. The van der Waals surface area contributed by atoms with Gasteiger partial charge in [0.25, 0.3) is 0 Å². The van der Waals surface area contributed by atoms with Gasteiger partial charge in [0, 0.05) is 5.56 Å². The molecule has 1 atom stereocenters. The molecule has 106 valence electrons. The minimum absolute atomic E-state index is 0.0114. The summed E-state index contributed by atoms with van der Waals surface area (Å²) < 4.78 is 11.1. The number of hydrogen-bond acceptors (Lipinski definition) is 6. The first kappa shape index (κ1) is 14.5. The molecule has 20 heavy (non-hydrogen) atoms. The minimum atomic E-state index is -0.224. The van der Waals surface area contributed by atoms with Crippen molar-refractivity contribution in [2.75, 3.05) is 7.11 Å². The summed E-state index contributed by atoms with van der Waals surface area (Å²) in [6.45, 7) is 5.32. The number of ketones is 1. The monoisotopic (exact) mass is 292 g/mol. The average molecular weight is 292 g/mol. The standard InChI is InChI=1S/C14H16N2O3S/c1-8(17)11-5-6-12(13(7-11)18-4)19-9(2)14-16-15-10(3)20-14/h5-7,9H,1-4H3. The molecule has 1 aromatic carbocycles. The van der Waals surface area contributed by atoms with Crippen LogP contribution in [0, 0.1) is 6.92 Å². The number of carbonyl (C=O) groups is 1. The quantitative estimate of drug-likeness (QED) is 0.792. The molecule has 0 saturated carbocycles. The van der Waals surface area contributed by atoms with Gasteiger partial charge in [-0.15, -0.1) is 10.2 Å². The van der Waals surface area contributed by atoms with Crippen molar-refractivity contribution in [3.8, 4) is 11.5 Å². The molecule has 0 aliphatic heterocycles. The number of benzene rings is 1. The zero-order valence-corrected chi connectivity index (χ0v) is 12.7. The molecule has 2 aromatic rings. The lowest BCUT2D eigenvalue weighted by Gasteiger charge is -2.15. The van der Waals surface area contributed by atoms with E-state index in [1.54, 1.807) is 25.3 Å². The third kappa shape index (κ3) is 3.14. The highest BCUT2D eigenvalue weighted by Gasteiger charge is 2.16. The Balaban J connectivity index is 2.22. The van der Waals surface area contributed by atoms with E-state index in [9.17, 15) is 4.79 Å². The average Bonchev–Trinajstić information content (AvgIpc) is 2.85. The fourth-order valence-electron chi connectivity index (χ4n) is 1.70. The van der Waals surface area contributed by atoms with Crippen LogP contribution in [0.3, 0.4) is 0 Å². The first-order valence-electron chi connectivity index (χ1n) is 6.17. The summed E-state index contributed by atoms with van der Waals surface area (Å²) in [7, 11) is 1.55. The molecule has 0 spiro atoms. The number of carbonyl (C=O) groups excluding carboxylic acids is 1. The SMILES string of the molecule is COc1cc(C(C)=O)ccc1OC(C)c1nnc(C)s1. The molecule has 0 bridgehead atoms. The Bertz CT molecular complexity index is 625. The summed E-state index contributed by atoms with van der Waals surface area (Å²) in [5, 5.41) is 9.74. The Morgan fingerprint density at radius 1 is 1.30 bits per heavy atom. The van der Waals surface area contributed by atoms with Crippen molar-refractivity contribution < 1.29 is 14.3 Å². The topological polar surface area (TPSA) is 61.3 Å². The predicted molar refractivity (Wildman–Crippen MR) is 76.7 cm³/mol. The molecule has 1 aromatic heterocycles. The molecule has 2 rings (SSSR count). The molecule has 5 nitrogen and oxygen atoms in total. The molecule has 0 N–H and O–H groups in total. The van der Waals surface area contributed by atoms with Gasteiger partial charge in [-0.2, -0.15) is 0 Å². The summed E-state index contributed by atoms with van der Waals surface area (Å²) in [6.07, 6.45) is -0.224. The van der Waals surface area contributed by atoms with Gasteiger partial charge in [0.2, 0.25) is 0 Å². The number of Topliss-reactive ketones (excluding diaryl/α,β-unsaturated/α-hetero) is 1. The number of ether oxygens (including phenoxy) is 2. The second-order valence-corrected chi connectivity index (χ2v) is 5.55. The molecule has 0 saturated heterocycles. The van der Waals surface area contributed by atoms with Crippen molar-refractivity contribution in [1.82, 2.24) is 10.2 Å². The Morgan fingerprint density at radius 2 is 2.05 bits per heavy atom. The lowest BCUT2D eigenvalue weighted by atomic mass is 10.1. The van der Waals surface area contributed by atoms with Crippen LogP contribution in [0.25, 0.3) is 0 Å². The van der Waals surface area contributed by atoms with Crippen LogP contribution in [-0.2, 0) is 0 Å². The van der Waals surface area contributed by atoms with Crippen LogP contribution in [0.15, 0.2) is 18.2 Å². The van der Waals surface area contributed by atoms with E-state index in [2.05, 4.69) is 10.2 Å². The van der Waals surface area contributed by atoms with E-state index < -0.39 is 0 Å². The molecule has 0 fully saturated rings. The van der Waals surface area contributed by atoms with Crippen LogP contribution in [0.2, 0.25) is 0 Å². The summed E-state index contributed by atoms with van der Waals surface area (Å²) >= 11 is 1.49. The highest BCUT2D eigenvalue weighted by atomic mass is 32.1. The van der Waals surface area contributed by atoms with Crippen LogP contribution >= 0.6 is 11.3 Å². The van der Waals surface area contributed by atoms with Crippen LogP contribution in [0.4, 0.5) is 0 Å². The number of methoxy groups -OCH3 is 1. The molecule has 6 heteroatoms. The summed E-state index contributed by atoms with van der Waals surface area (Å²) in [6, 6.07) is 5.13. The Kier molecular flexibility index (Phi) is 4.34. The Labute approximate surface area is 121 Å². The molecule has 0 amide bonds. The largest absolute Gasteiger partial charge is 0.493 e. The van der Waals surface area contributed by atoms with Crippen LogP contribution in [0.5, 0.6) is 11.5 Å². The predicted octanol–water partition coefficient (Wildman–Crippen LogP) is 3.20. The maximum absolute atomic E-state index is 11.4. The van der Waals surface area contributed by atoms with Gasteiger partial charge in [0.15, 0.2) is 22.3 Å². The minimum Gasteiger partial charge on any atom is -0.493 e.